The van der Waals surface area contributed by atoms with E-state index in [9.17, 15) is 4.79 Å². The number of hydrogen-bond donors (Lipinski definition) is 2. The molecule has 0 saturated carbocycles. The molecule has 0 aliphatic heterocycles. The fraction of sp³-hybridized carbons (Fsp3) is 0.276. The lowest BCUT2D eigenvalue weighted by Crippen LogP contribution is -2.45. The van der Waals surface area contributed by atoms with Crippen LogP contribution in [0.2, 0.25) is 10.0 Å². The molecule has 0 amide bonds. The summed E-state index contributed by atoms with van der Waals surface area (Å²) in [5.74, 6) is 0.201. The highest BCUT2D eigenvalue weighted by atomic mass is 35.5. The summed E-state index contributed by atoms with van der Waals surface area (Å²) in [6.45, 7) is 0. The lowest BCUT2D eigenvalue weighted by molar-refractivity contribution is -0.119. The van der Waals surface area contributed by atoms with Crippen LogP contribution in [0.1, 0.15) is 36.8 Å². The molecule has 4 unspecified atom stereocenters. The van der Waals surface area contributed by atoms with Gasteiger partial charge < -0.3 is 11.5 Å². The second kappa shape index (κ2) is 11.7. The number of halogens is 3. The smallest absolute Gasteiger partial charge is 0.133 e. The minimum Gasteiger partial charge on any atom is -0.323 e. The number of carbonyl (C=O) groups is 1. The summed E-state index contributed by atoms with van der Waals surface area (Å²) in [5.41, 5.74) is 14.4. The van der Waals surface area contributed by atoms with Crippen molar-refractivity contribution in [3.8, 4) is 0 Å². The topological polar surface area (TPSA) is 69.1 Å². The van der Waals surface area contributed by atoms with E-state index in [0.29, 0.717) is 35.7 Å². The molecule has 4 rings (SSSR count). The Labute approximate surface area is 224 Å². The Bertz CT molecular complexity index is 1050. The molecular weight excluding hydrogens is 499 g/mol. The maximum absolute atomic E-state index is 13.2. The van der Waals surface area contributed by atoms with Crippen LogP contribution in [0.15, 0.2) is 97.1 Å². The lowest BCUT2D eigenvalue weighted by atomic mass is 9.67. The molecular formula is C29H31Cl3N2O. The van der Waals surface area contributed by atoms with Crippen molar-refractivity contribution in [3.05, 3.63) is 118 Å². The van der Waals surface area contributed by atoms with Crippen LogP contribution >= 0.6 is 35.6 Å². The number of rotatable bonds is 8. The molecule has 0 radical (unpaired) electrons. The number of carbonyl (C=O) groups excluding carboxylic acids is 1. The van der Waals surface area contributed by atoms with Crippen LogP contribution in [-0.4, -0.2) is 17.9 Å². The third kappa shape index (κ3) is 5.82. The van der Waals surface area contributed by atoms with Gasteiger partial charge >= 0.3 is 0 Å². The van der Waals surface area contributed by atoms with Gasteiger partial charge in [0.25, 0.3) is 0 Å². The number of hydrogen-bond acceptors (Lipinski definition) is 3. The molecule has 0 aromatic heterocycles. The highest BCUT2D eigenvalue weighted by Crippen LogP contribution is 2.39. The second-order valence-corrected chi connectivity index (χ2v) is 10.0. The van der Waals surface area contributed by atoms with Gasteiger partial charge in [0.2, 0.25) is 0 Å². The Hall–Kier alpha value is -2.14. The second-order valence-electron chi connectivity index (χ2n) is 9.17. The van der Waals surface area contributed by atoms with Crippen LogP contribution in [0.4, 0.5) is 0 Å². The zero-order valence-electron chi connectivity index (χ0n) is 19.4. The van der Waals surface area contributed by atoms with E-state index in [2.05, 4.69) is 12.2 Å². The van der Waals surface area contributed by atoms with E-state index in [0.717, 1.165) is 11.1 Å². The normalized spacial score (nSPS) is 27.0. The minimum absolute atomic E-state index is 0. The molecule has 2 aliphatic carbocycles. The SMILES string of the molecule is Cl.NC1C=CC=CC1(CCC(=O)CCC1(c2ccc(Cl)cc2)C=CC=CC1N)c1ccc(Cl)cc1. The Kier molecular flexibility index (Phi) is 9.20. The van der Waals surface area contributed by atoms with Gasteiger partial charge in [-0.3, -0.25) is 4.79 Å². The van der Waals surface area contributed by atoms with Crippen molar-refractivity contribution in [2.24, 2.45) is 11.5 Å². The zero-order valence-corrected chi connectivity index (χ0v) is 21.8. The van der Waals surface area contributed by atoms with Gasteiger partial charge in [0.05, 0.1) is 0 Å². The van der Waals surface area contributed by atoms with Gasteiger partial charge in [0.15, 0.2) is 0 Å². The number of nitrogens with two attached hydrogens (primary N) is 2. The van der Waals surface area contributed by atoms with Crippen molar-refractivity contribution in [1.29, 1.82) is 0 Å². The van der Waals surface area contributed by atoms with Crippen molar-refractivity contribution in [2.75, 3.05) is 0 Å². The molecule has 0 bridgehead atoms. The molecule has 0 saturated heterocycles. The van der Waals surface area contributed by atoms with E-state index >= 15 is 0 Å². The van der Waals surface area contributed by atoms with Gasteiger partial charge in [-0.2, -0.15) is 0 Å². The first-order chi connectivity index (χ1) is 16.4. The van der Waals surface area contributed by atoms with Crippen LogP contribution in [-0.2, 0) is 15.6 Å². The first-order valence-electron chi connectivity index (χ1n) is 11.6. The van der Waals surface area contributed by atoms with Gasteiger partial charge in [0.1, 0.15) is 5.78 Å². The molecule has 2 aromatic carbocycles. The largest absolute Gasteiger partial charge is 0.323 e. The molecule has 4 atom stereocenters. The monoisotopic (exact) mass is 528 g/mol. The maximum atomic E-state index is 13.2. The Morgan fingerprint density at radius 3 is 1.40 bits per heavy atom. The quantitative estimate of drug-likeness (QED) is 0.403. The Balaban J connectivity index is 0.00000342. The summed E-state index contributed by atoms with van der Waals surface area (Å²) in [6, 6.07) is 15.1. The van der Waals surface area contributed by atoms with E-state index < -0.39 is 10.8 Å². The average molecular weight is 530 g/mol. The summed E-state index contributed by atoms with van der Waals surface area (Å²) in [6.07, 6.45) is 18.3. The Morgan fingerprint density at radius 1 is 0.686 bits per heavy atom. The summed E-state index contributed by atoms with van der Waals surface area (Å²) in [7, 11) is 0. The van der Waals surface area contributed by atoms with Crippen molar-refractivity contribution in [3.63, 3.8) is 0 Å². The zero-order chi connectivity index (χ0) is 24.2. The highest BCUT2D eigenvalue weighted by molar-refractivity contribution is 6.30. The fourth-order valence-corrected chi connectivity index (χ4v) is 5.34. The number of Topliss-reactive ketones (excluding diaryl/α,β-unsaturated/α-hetero) is 1. The molecule has 6 heteroatoms. The number of allylic oxidation sites excluding steroid dienone is 4. The minimum atomic E-state index is -0.438. The molecule has 4 N–H and O–H groups in total. The van der Waals surface area contributed by atoms with E-state index in [1.54, 1.807) is 0 Å². The van der Waals surface area contributed by atoms with Gasteiger partial charge in [-0.1, -0.05) is 96.1 Å². The number of ketones is 1. The van der Waals surface area contributed by atoms with E-state index in [1.165, 1.54) is 0 Å². The van der Waals surface area contributed by atoms with E-state index in [4.69, 9.17) is 34.7 Å². The van der Waals surface area contributed by atoms with Gasteiger partial charge in [-0.25, -0.2) is 0 Å². The van der Waals surface area contributed by atoms with E-state index in [-0.39, 0.29) is 30.3 Å². The van der Waals surface area contributed by atoms with Crippen molar-refractivity contribution < 1.29 is 4.79 Å². The van der Waals surface area contributed by atoms with Crippen LogP contribution in [0.3, 0.4) is 0 Å². The third-order valence-electron chi connectivity index (χ3n) is 7.23. The van der Waals surface area contributed by atoms with Gasteiger partial charge in [-0.15, -0.1) is 12.4 Å². The molecule has 0 spiro atoms. The van der Waals surface area contributed by atoms with Crippen LogP contribution in [0.5, 0.6) is 0 Å². The third-order valence-corrected chi connectivity index (χ3v) is 7.74. The van der Waals surface area contributed by atoms with Crippen molar-refractivity contribution in [2.45, 2.75) is 48.6 Å². The molecule has 0 heterocycles. The molecule has 2 aliphatic rings. The molecule has 184 valence electrons. The summed E-state index contributed by atoms with van der Waals surface area (Å²) < 4.78 is 0. The van der Waals surface area contributed by atoms with Crippen LogP contribution in [0.25, 0.3) is 0 Å². The first-order valence-corrected chi connectivity index (χ1v) is 12.4. The van der Waals surface area contributed by atoms with E-state index in [1.807, 2.05) is 85.0 Å². The van der Waals surface area contributed by atoms with Crippen LogP contribution in [0, 0.1) is 0 Å². The van der Waals surface area contributed by atoms with Gasteiger partial charge in [-0.05, 0) is 48.2 Å². The molecule has 2 aromatic rings. The average Bonchev–Trinajstić information content (AvgIpc) is 2.84. The highest BCUT2D eigenvalue weighted by Gasteiger charge is 2.38. The fourth-order valence-electron chi connectivity index (χ4n) is 5.09. The molecule has 3 nitrogen and oxygen atoms in total. The van der Waals surface area contributed by atoms with Crippen molar-refractivity contribution in [1.82, 2.24) is 0 Å². The predicted molar refractivity (Wildman–Crippen MR) is 149 cm³/mol. The summed E-state index contributed by atoms with van der Waals surface area (Å²) >= 11 is 12.2. The Morgan fingerprint density at radius 2 is 1.06 bits per heavy atom. The predicted octanol–water partition coefficient (Wildman–Crippen LogP) is 6.63. The summed E-state index contributed by atoms with van der Waals surface area (Å²) in [5, 5.41) is 1.36. The standard InChI is InChI=1S/C29H30Cl2N2O.ClH/c30-23-11-7-21(8-12-23)28(17-3-1-5-26(28)32)19-15-25(34)16-20-29(18-4-2-6-27(29)33)22-9-13-24(31)14-10-22;/h1-14,17-18,26-27H,15-16,19-20,32-33H2;1H. The maximum Gasteiger partial charge on any atom is 0.133 e. The molecule has 35 heavy (non-hydrogen) atoms. The first kappa shape index (κ1) is 27.4. The summed E-state index contributed by atoms with van der Waals surface area (Å²) in [4.78, 5) is 13.2. The van der Waals surface area contributed by atoms with Crippen molar-refractivity contribution >= 4 is 41.4 Å². The molecule has 0 fully saturated rings. The van der Waals surface area contributed by atoms with Crippen LogP contribution < -0.4 is 11.5 Å². The van der Waals surface area contributed by atoms with Gasteiger partial charge in [0, 0.05) is 45.8 Å². The lowest BCUT2D eigenvalue weighted by Gasteiger charge is -2.38. The number of benzene rings is 2.